The van der Waals surface area contributed by atoms with Gasteiger partial charge < -0.3 is 14.8 Å². The van der Waals surface area contributed by atoms with Crippen LogP contribution in [-0.4, -0.2) is 17.1 Å². The van der Waals surface area contributed by atoms with Gasteiger partial charge in [-0.1, -0.05) is 48.5 Å². The third-order valence-electron chi connectivity index (χ3n) is 4.50. The molecule has 0 spiro atoms. The van der Waals surface area contributed by atoms with E-state index in [1.165, 1.54) is 0 Å². The number of para-hydroxylation sites is 1. The number of ether oxygens (including phenoxy) is 2. The summed E-state index contributed by atoms with van der Waals surface area (Å²) in [6.45, 7) is 2.44. The quantitative estimate of drug-likeness (QED) is 0.260. The van der Waals surface area contributed by atoms with Crippen LogP contribution in [0.3, 0.4) is 0 Å². The maximum absolute atomic E-state index is 6.15. The number of pyridine rings is 1. The van der Waals surface area contributed by atoms with Gasteiger partial charge in [-0.25, -0.2) is 9.97 Å². The summed E-state index contributed by atoms with van der Waals surface area (Å²) in [6.07, 6.45) is 1.86. The van der Waals surface area contributed by atoms with Gasteiger partial charge >= 0.3 is 0 Å². The number of aromatic nitrogens is 2. The molecule has 2 aromatic heterocycles. The zero-order chi connectivity index (χ0) is 21.5. The number of hydrogen-bond donors (Lipinski definition) is 1. The fourth-order valence-corrected chi connectivity index (χ4v) is 4.51. The predicted octanol–water partition coefficient (Wildman–Crippen LogP) is 6.89. The summed E-state index contributed by atoms with van der Waals surface area (Å²) in [7, 11) is 1.70. The molecule has 0 amide bonds. The highest BCUT2D eigenvalue weighted by Gasteiger charge is 2.11. The first-order valence-corrected chi connectivity index (χ1v) is 11.7. The van der Waals surface area contributed by atoms with Crippen LogP contribution >= 0.6 is 35.5 Å². The molecule has 2 heterocycles. The first kappa shape index (κ1) is 23.9. The number of methoxy groups -OCH3 is 1. The normalized spacial score (nSPS) is 10.3. The van der Waals surface area contributed by atoms with Gasteiger partial charge in [0.25, 0.3) is 0 Å². The molecule has 4 aromatic rings. The van der Waals surface area contributed by atoms with Gasteiger partial charge in [-0.05, 0) is 24.6 Å². The van der Waals surface area contributed by atoms with Gasteiger partial charge in [-0.2, -0.15) is 0 Å². The Hall–Kier alpha value is -2.74. The zero-order valence-corrected chi connectivity index (χ0v) is 20.2. The Morgan fingerprint density at radius 2 is 1.81 bits per heavy atom. The molecule has 0 unspecified atom stereocenters. The second-order valence-corrected chi connectivity index (χ2v) is 8.72. The second-order valence-electron chi connectivity index (χ2n) is 6.81. The van der Waals surface area contributed by atoms with Crippen LogP contribution in [0.1, 0.15) is 16.8 Å². The highest BCUT2D eigenvalue weighted by Crippen LogP contribution is 2.34. The lowest BCUT2D eigenvalue weighted by molar-refractivity contribution is 0.306. The molecule has 166 valence electrons. The van der Waals surface area contributed by atoms with E-state index in [9.17, 15) is 0 Å². The van der Waals surface area contributed by atoms with Crippen molar-refractivity contribution in [2.24, 2.45) is 0 Å². The van der Waals surface area contributed by atoms with Crippen molar-refractivity contribution >= 4 is 46.5 Å². The zero-order valence-electron chi connectivity index (χ0n) is 17.8. The van der Waals surface area contributed by atoms with Crippen LogP contribution in [0.25, 0.3) is 0 Å². The van der Waals surface area contributed by atoms with Crippen LogP contribution in [-0.2, 0) is 12.4 Å². The number of thioether (sulfide) groups is 1. The summed E-state index contributed by atoms with van der Waals surface area (Å²) in [5.74, 6) is 3.03. The van der Waals surface area contributed by atoms with Crippen LogP contribution in [0.4, 0.5) is 10.9 Å². The number of hydrogen-bond acceptors (Lipinski definition) is 7. The lowest BCUT2D eigenvalue weighted by Crippen LogP contribution is -2.01. The Labute approximate surface area is 202 Å². The first-order chi connectivity index (χ1) is 15.2. The number of nitrogens with one attached hydrogen (secondary N) is 1. The van der Waals surface area contributed by atoms with Gasteiger partial charge in [0, 0.05) is 27.8 Å². The number of thiazole rings is 1. The standard InChI is InChI=1S/C24H23N3O2S2.ClH/c1-17-15-31-24(26-17)27-23-22(29-14-18-8-4-3-5-9-18)12-20(13-25-23)30-16-19-10-6-7-11-21(19)28-2;/h3-13,15H,14,16H2,1-2H3,(H,25,26,27);1H. The number of anilines is 2. The number of halogens is 1. The third-order valence-corrected chi connectivity index (χ3v) is 6.38. The van der Waals surface area contributed by atoms with Gasteiger partial charge in [0.15, 0.2) is 16.7 Å². The number of benzene rings is 2. The molecule has 0 saturated carbocycles. The molecule has 0 saturated heterocycles. The van der Waals surface area contributed by atoms with Crippen molar-refractivity contribution in [1.29, 1.82) is 0 Å². The summed E-state index contributed by atoms with van der Waals surface area (Å²) in [5, 5.41) is 6.09. The molecule has 0 aliphatic carbocycles. The van der Waals surface area contributed by atoms with Gasteiger partial charge in [-0.3, -0.25) is 0 Å². The molecule has 0 fully saturated rings. The second kappa shape index (κ2) is 11.8. The van der Waals surface area contributed by atoms with E-state index < -0.39 is 0 Å². The molecule has 1 N–H and O–H groups in total. The van der Waals surface area contributed by atoms with E-state index in [0.29, 0.717) is 18.2 Å². The number of aryl methyl sites for hydroxylation is 1. The van der Waals surface area contributed by atoms with Gasteiger partial charge in [0.2, 0.25) is 0 Å². The van der Waals surface area contributed by atoms with Crippen LogP contribution < -0.4 is 14.8 Å². The maximum Gasteiger partial charge on any atom is 0.188 e. The van der Waals surface area contributed by atoms with E-state index >= 15 is 0 Å². The Morgan fingerprint density at radius 3 is 2.56 bits per heavy atom. The van der Waals surface area contributed by atoms with Crippen molar-refractivity contribution in [1.82, 2.24) is 9.97 Å². The van der Waals surface area contributed by atoms with E-state index in [0.717, 1.165) is 38.4 Å². The molecular weight excluding hydrogens is 462 g/mol. The number of rotatable bonds is 9. The van der Waals surface area contributed by atoms with Crippen LogP contribution in [0, 0.1) is 6.92 Å². The topological polar surface area (TPSA) is 56.3 Å². The van der Waals surface area contributed by atoms with Crippen molar-refractivity contribution in [3.05, 3.63) is 89.1 Å². The van der Waals surface area contributed by atoms with Crippen molar-refractivity contribution in [2.75, 3.05) is 12.4 Å². The number of nitrogens with zero attached hydrogens (tertiary/aromatic N) is 2. The van der Waals surface area contributed by atoms with E-state index in [4.69, 9.17) is 9.47 Å². The van der Waals surface area contributed by atoms with Crippen molar-refractivity contribution in [3.63, 3.8) is 0 Å². The summed E-state index contributed by atoms with van der Waals surface area (Å²) < 4.78 is 11.6. The Morgan fingerprint density at radius 1 is 1.03 bits per heavy atom. The summed E-state index contributed by atoms with van der Waals surface area (Å²) in [5.41, 5.74) is 3.22. The minimum absolute atomic E-state index is 0. The largest absolute Gasteiger partial charge is 0.496 e. The van der Waals surface area contributed by atoms with E-state index in [2.05, 4.69) is 21.4 Å². The highest BCUT2D eigenvalue weighted by atomic mass is 35.5. The first-order valence-electron chi connectivity index (χ1n) is 9.82. The molecule has 0 aliphatic heterocycles. The smallest absolute Gasteiger partial charge is 0.188 e. The van der Waals surface area contributed by atoms with Crippen LogP contribution in [0.15, 0.2) is 77.1 Å². The van der Waals surface area contributed by atoms with E-state index in [-0.39, 0.29) is 12.4 Å². The van der Waals surface area contributed by atoms with Gasteiger partial charge in [-0.15, -0.1) is 35.5 Å². The molecule has 2 aromatic carbocycles. The lowest BCUT2D eigenvalue weighted by atomic mass is 10.2. The monoisotopic (exact) mass is 485 g/mol. The Balaban J connectivity index is 0.00000289. The minimum Gasteiger partial charge on any atom is -0.496 e. The van der Waals surface area contributed by atoms with Gasteiger partial charge in [0.1, 0.15) is 12.4 Å². The van der Waals surface area contributed by atoms with E-state index in [1.807, 2.05) is 73.1 Å². The van der Waals surface area contributed by atoms with Crippen molar-refractivity contribution in [2.45, 2.75) is 24.2 Å². The van der Waals surface area contributed by atoms with Gasteiger partial charge in [0.05, 0.1) is 12.8 Å². The van der Waals surface area contributed by atoms with Crippen molar-refractivity contribution in [3.8, 4) is 11.5 Å². The summed E-state index contributed by atoms with van der Waals surface area (Å²) in [4.78, 5) is 10.1. The molecule has 0 radical (unpaired) electrons. The fraction of sp³-hybridized carbons (Fsp3) is 0.167. The Kier molecular flexibility index (Phi) is 8.79. The minimum atomic E-state index is 0. The fourth-order valence-electron chi connectivity index (χ4n) is 2.94. The Bertz CT molecular complexity index is 1140. The highest BCUT2D eigenvalue weighted by molar-refractivity contribution is 7.98. The van der Waals surface area contributed by atoms with Crippen molar-refractivity contribution < 1.29 is 9.47 Å². The molecule has 0 atom stereocenters. The SMILES string of the molecule is COc1ccccc1CSc1cnc(Nc2nc(C)cs2)c(OCc2ccccc2)c1.Cl. The average Bonchev–Trinajstić information content (AvgIpc) is 3.22. The van der Waals surface area contributed by atoms with Crippen LogP contribution in [0.5, 0.6) is 11.5 Å². The molecular formula is C24H24ClN3O2S2. The third kappa shape index (κ3) is 6.38. The lowest BCUT2D eigenvalue weighted by Gasteiger charge is -2.13. The molecule has 4 rings (SSSR count). The maximum atomic E-state index is 6.15. The predicted molar refractivity (Wildman–Crippen MR) is 135 cm³/mol. The average molecular weight is 486 g/mol. The summed E-state index contributed by atoms with van der Waals surface area (Å²) >= 11 is 3.24. The molecule has 0 bridgehead atoms. The molecule has 8 heteroatoms. The molecule has 5 nitrogen and oxygen atoms in total. The van der Waals surface area contributed by atoms with Crippen LogP contribution in [0.2, 0.25) is 0 Å². The van der Waals surface area contributed by atoms with E-state index in [1.54, 1.807) is 30.2 Å². The molecule has 0 aliphatic rings. The summed E-state index contributed by atoms with van der Waals surface area (Å²) in [6, 6.07) is 20.2. The molecule has 32 heavy (non-hydrogen) atoms.